The van der Waals surface area contributed by atoms with E-state index < -0.39 is 10.0 Å². The maximum absolute atomic E-state index is 13.8. The van der Waals surface area contributed by atoms with Gasteiger partial charge in [0.25, 0.3) is 5.91 Å². The zero-order valence-corrected chi connectivity index (χ0v) is 21.1. The highest BCUT2D eigenvalue weighted by Gasteiger charge is 2.31. The standard InChI is InChI=1S/C27H35N3O4S/c31-27(29-15-11-23(12-16-29)22-7-3-1-4-8-22)25-21-24(35(32,33)30-13-5-2-6-14-30)9-10-26(25)28-17-19-34-20-18-28/h1,3-4,7-10,21,23H,2,5-6,11-20H2. The molecule has 0 spiro atoms. The molecule has 5 rings (SSSR count). The number of carbonyl (C=O) groups is 1. The third-order valence-electron chi connectivity index (χ3n) is 7.56. The molecule has 2 aromatic carbocycles. The molecule has 0 unspecified atom stereocenters. The molecule has 0 radical (unpaired) electrons. The van der Waals surface area contributed by atoms with Crippen LogP contribution in [-0.2, 0) is 14.8 Å². The predicted molar refractivity (Wildman–Crippen MR) is 136 cm³/mol. The van der Waals surface area contributed by atoms with Crippen LogP contribution in [0.2, 0.25) is 0 Å². The van der Waals surface area contributed by atoms with Crippen LogP contribution in [0.4, 0.5) is 5.69 Å². The van der Waals surface area contributed by atoms with Gasteiger partial charge in [-0.15, -0.1) is 0 Å². The summed E-state index contributed by atoms with van der Waals surface area (Å²) in [6.07, 6.45) is 4.65. The van der Waals surface area contributed by atoms with Crippen molar-refractivity contribution in [1.29, 1.82) is 0 Å². The molecule has 2 aromatic rings. The van der Waals surface area contributed by atoms with Crippen LogP contribution >= 0.6 is 0 Å². The monoisotopic (exact) mass is 497 g/mol. The molecule has 1 amide bonds. The highest BCUT2D eigenvalue weighted by molar-refractivity contribution is 7.89. The molecule has 3 aliphatic rings. The molecule has 0 atom stereocenters. The summed E-state index contributed by atoms with van der Waals surface area (Å²) in [7, 11) is -3.62. The highest BCUT2D eigenvalue weighted by Crippen LogP contribution is 2.32. The van der Waals surface area contributed by atoms with Crippen molar-refractivity contribution in [3.05, 3.63) is 59.7 Å². The first-order valence-corrected chi connectivity index (χ1v) is 14.3. The van der Waals surface area contributed by atoms with Crippen molar-refractivity contribution in [2.45, 2.75) is 42.9 Å². The van der Waals surface area contributed by atoms with E-state index in [1.807, 2.05) is 17.0 Å². The van der Waals surface area contributed by atoms with Crippen molar-refractivity contribution in [2.24, 2.45) is 0 Å². The van der Waals surface area contributed by atoms with Crippen LogP contribution in [0.15, 0.2) is 53.4 Å². The highest BCUT2D eigenvalue weighted by atomic mass is 32.2. The molecule has 8 heteroatoms. The van der Waals surface area contributed by atoms with E-state index in [1.165, 1.54) is 5.56 Å². The second-order valence-electron chi connectivity index (χ2n) is 9.72. The zero-order chi connectivity index (χ0) is 24.3. The lowest BCUT2D eigenvalue weighted by molar-refractivity contribution is 0.0712. The maximum Gasteiger partial charge on any atom is 0.256 e. The van der Waals surface area contributed by atoms with Crippen molar-refractivity contribution < 1.29 is 17.9 Å². The Morgan fingerprint density at radius 3 is 2.20 bits per heavy atom. The maximum atomic E-state index is 13.8. The summed E-state index contributed by atoms with van der Waals surface area (Å²) >= 11 is 0. The first-order valence-electron chi connectivity index (χ1n) is 12.8. The number of hydrogen-bond donors (Lipinski definition) is 0. The van der Waals surface area contributed by atoms with E-state index in [9.17, 15) is 13.2 Å². The molecule has 0 saturated carbocycles. The van der Waals surface area contributed by atoms with Gasteiger partial charge in [0.15, 0.2) is 0 Å². The molecular formula is C27H35N3O4S. The summed E-state index contributed by atoms with van der Waals surface area (Å²) in [5, 5.41) is 0. The summed E-state index contributed by atoms with van der Waals surface area (Å²) < 4.78 is 33.9. The SMILES string of the molecule is O=C(c1cc(S(=O)(=O)N2CCCCC2)ccc1N1CCOCC1)N1CCC(c2ccccc2)CC1. The number of morpholine rings is 1. The Kier molecular flexibility index (Phi) is 7.41. The van der Waals surface area contributed by atoms with Gasteiger partial charge in [-0.1, -0.05) is 36.8 Å². The van der Waals surface area contributed by atoms with Gasteiger partial charge in [-0.25, -0.2) is 8.42 Å². The number of carbonyl (C=O) groups excluding carboxylic acids is 1. The Morgan fingerprint density at radius 1 is 0.829 bits per heavy atom. The third-order valence-corrected chi connectivity index (χ3v) is 9.45. The minimum absolute atomic E-state index is 0.0753. The number of rotatable bonds is 5. The predicted octanol–water partition coefficient (Wildman–Crippen LogP) is 3.72. The van der Waals surface area contributed by atoms with Crippen LogP contribution in [0.25, 0.3) is 0 Å². The number of hydrogen-bond acceptors (Lipinski definition) is 5. The lowest BCUT2D eigenvalue weighted by atomic mass is 9.89. The van der Waals surface area contributed by atoms with Crippen LogP contribution in [-0.4, -0.2) is 76.0 Å². The Hall–Kier alpha value is -2.42. The van der Waals surface area contributed by atoms with Gasteiger partial charge in [-0.3, -0.25) is 4.79 Å². The van der Waals surface area contributed by atoms with Crippen LogP contribution in [0, 0.1) is 0 Å². The molecule has 3 heterocycles. The number of ether oxygens (including phenoxy) is 1. The molecular weight excluding hydrogens is 462 g/mol. The fourth-order valence-corrected chi connectivity index (χ4v) is 7.04. The molecule has 0 aliphatic carbocycles. The Morgan fingerprint density at radius 2 is 1.51 bits per heavy atom. The zero-order valence-electron chi connectivity index (χ0n) is 20.3. The van der Waals surface area contributed by atoms with Crippen LogP contribution < -0.4 is 4.90 Å². The molecule has 7 nitrogen and oxygen atoms in total. The van der Waals surface area contributed by atoms with Crippen LogP contribution in [0.3, 0.4) is 0 Å². The molecule has 3 aliphatic heterocycles. The summed E-state index contributed by atoms with van der Waals surface area (Å²) in [5.41, 5.74) is 2.62. The number of amides is 1. The first kappa shape index (κ1) is 24.3. The average molecular weight is 498 g/mol. The molecule has 3 fully saturated rings. The van der Waals surface area contributed by atoms with Crippen molar-refractivity contribution in [1.82, 2.24) is 9.21 Å². The number of piperidine rings is 2. The normalized spacial score (nSPS) is 20.7. The van der Waals surface area contributed by atoms with Gasteiger partial charge in [-0.05, 0) is 55.4 Å². The largest absolute Gasteiger partial charge is 0.378 e. The quantitative estimate of drug-likeness (QED) is 0.630. The molecule has 35 heavy (non-hydrogen) atoms. The van der Waals surface area contributed by atoms with Crippen molar-refractivity contribution in [3.63, 3.8) is 0 Å². The van der Waals surface area contributed by atoms with Gasteiger partial charge in [0.05, 0.1) is 23.7 Å². The molecule has 3 saturated heterocycles. The van der Waals surface area contributed by atoms with E-state index in [0.717, 1.165) is 37.8 Å². The average Bonchev–Trinajstić information content (AvgIpc) is 2.94. The van der Waals surface area contributed by atoms with E-state index >= 15 is 0 Å². The smallest absolute Gasteiger partial charge is 0.256 e. The summed E-state index contributed by atoms with van der Waals surface area (Å²) in [6, 6.07) is 15.6. The van der Waals surface area contributed by atoms with Crippen LogP contribution in [0.5, 0.6) is 0 Å². The number of benzene rings is 2. The summed E-state index contributed by atoms with van der Waals surface area (Å²) in [4.78, 5) is 18.1. The number of anilines is 1. The second kappa shape index (κ2) is 10.7. The van der Waals surface area contributed by atoms with E-state index in [2.05, 4.69) is 29.2 Å². The Balaban J connectivity index is 1.41. The van der Waals surface area contributed by atoms with Gasteiger partial charge in [-0.2, -0.15) is 4.31 Å². The van der Waals surface area contributed by atoms with Gasteiger partial charge in [0.2, 0.25) is 10.0 Å². The van der Waals surface area contributed by atoms with Crippen molar-refractivity contribution >= 4 is 21.6 Å². The van der Waals surface area contributed by atoms with Gasteiger partial charge in [0, 0.05) is 45.0 Å². The van der Waals surface area contributed by atoms with Gasteiger partial charge >= 0.3 is 0 Å². The summed E-state index contributed by atoms with van der Waals surface area (Å²) in [5.74, 6) is 0.374. The van der Waals surface area contributed by atoms with E-state index in [-0.39, 0.29) is 10.8 Å². The van der Waals surface area contributed by atoms with E-state index in [0.29, 0.717) is 64.0 Å². The van der Waals surface area contributed by atoms with Gasteiger partial charge in [0.1, 0.15) is 0 Å². The Bertz CT molecular complexity index is 1120. The third kappa shape index (κ3) is 5.25. The fraction of sp³-hybridized carbons (Fsp3) is 0.519. The lowest BCUT2D eigenvalue weighted by Crippen LogP contribution is -2.41. The second-order valence-corrected chi connectivity index (χ2v) is 11.7. The molecule has 0 bridgehead atoms. The number of likely N-dealkylation sites (tertiary alicyclic amines) is 1. The minimum atomic E-state index is -3.62. The number of nitrogens with zero attached hydrogens (tertiary/aromatic N) is 3. The molecule has 0 aromatic heterocycles. The van der Waals surface area contributed by atoms with Crippen molar-refractivity contribution in [3.8, 4) is 0 Å². The van der Waals surface area contributed by atoms with Crippen molar-refractivity contribution in [2.75, 3.05) is 57.4 Å². The summed E-state index contributed by atoms with van der Waals surface area (Å²) in [6.45, 7) is 5.01. The van der Waals surface area contributed by atoms with Crippen LogP contribution in [0.1, 0.15) is 53.9 Å². The lowest BCUT2D eigenvalue weighted by Gasteiger charge is -2.35. The number of sulfonamides is 1. The van der Waals surface area contributed by atoms with E-state index in [4.69, 9.17) is 4.74 Å². The Labute approximate surface area is 208 Å². The fourth-order valence-electron chi connectivity index (χ4n) is 5.49. The molecule has 0 N–H and O–H groups in total. The minimum Gasteiger partial charge on any atom is -0.378 e. The molecule has 188 valence electrons. The first-order chi connectivity index (χ1) is 17.0. The topological polar surface area (TPSA) is 70.2 Å². The van der Waals surface area contributed by atoms with E-state index in [1.54, 1.807) is 16.4 Å². The van der Waals surface area contributed by atoms with Gasteiger partial charge < -0.3 is 14.5 Å².